The molecule has 2 atom stereocenters. The van der Waals surface area contributed by atoms with Crippen LogP contribution in [0.1, 0.15) is 31.9 Å². The number of halogens is 1. The molecule has 0 aromatic heterocycles. The van der Waals surface area contributed by atoms with Crippen LogP contribution in [0.2, 0.25) is 5.02 Å². The van der Waals surface area contributed by atoms with Gasteiger partial charge in [0, 0.05) is 34.9 Å². The molecule has 129 valence electrons. The number of benzene rings is 2. The fourth-order valence-corrected chi connectivity index (χ4v) is 3.47. The van der Waals surface area contributed by atoms with Gasteiger partial charge in [-0.25, -0.2) is 0 Å². The Hall–Kier alpha value is -2.18. The first kappa shape index (κ1) is 17.6. The van der Waals surface area contributed by atoms with Gasteiger partial charge in [0.1, 0.15) is 5.75 Å². The molecular weight excluding hydrogens is 338 g/mol. The minimum atomic E-state index is 0.00100. The summed E-state index contributed by atoms with van der Waals surface area (Å²) in [5, 5.41) is 13.1. The Morgan fingerprint density at radius 2 is 2.04 bits per heavy atom. The molecule has 3 rings (SSSR count). The van der Waals surface area contributed by atoms with Gasteiger partial charge in [0.25, 0.3) is 0 Å². The van der Waals surface area contributed by atoms with Crippen LogP contribution in [-0.4, -0.2) is 24.7 Å². The van der Waals surface area contributed by atoms with Crippen LogP contribution >= 0.6 is 11.6 Å². The van der Waals surface area contributed by atoms with Crippen molar-refractivity contribution >= 4 is 36.6 Å². The highest BCUT2D eigenvalue weighted by molar-refractivity contribution is 6.30. The number of carbonyl (C=O) groups is 1. The smallest absolute Gasteiger partial charge is 0.537 e. The standard InChI is InChI=1S/C18H19BClN2O3/c1-11-9-17(21-14-5-3-13(20)4-6-14)16-10-15(25-19-24)7-8-18(16)22(11)12(2)23/h3-8,10-11,17,21,24H,9H2,1-2H3. The number of fused-ring (bicyclic) bond motifs is 1. The molecule has 0 aliphatic carbocycles. The summed E-state index contributed by atoms with van der Waals surface area (Å²) < 4.78 is 5.09. The van der Waals surface area contributed by atoms with Crippen LogP contribution in [0.15, 0.2) is 42.5 Å². The summed E-state index contributed by atoms with van der Waals surface area (Å²) in [6, 6.07) is 13.0. The van der Waals surface area contributed by atoms with Gasteiger partial charge in [0.05, 0.1) is 6.04 Å². The maximum absolute atomic E-state index is 12.1. The van der Waals surface area contributed by atoms with E-state index in [-0.39, 0.29) is 18.0 Å². The van der Waals surface area contributed by atoms with E-state index in [9.17, 15) is 4.79 Å². The summed E-state index contributed by atoms with van der Waals surface area (Å²) in [6.07, 6.45) is 0.751. The zero-order valence-corrected chi connectivity index (χ0v) is 14.8. The Balaban J connectivity index is 1.98. The van der Waals surface area contributed by atoms with Gasteiger partial charge < -0.3 is 19.9 Å². The number of nitrogens with zero attached hydrogens (tertiary/aromatic N) is 1. The predicted octanol–water partition coefficient (Wildman–Crippen LogP) is 3.54. The second kappa shape index (κ2) is 7.37. The van der Waals surface area contributed by atoms with Crippen LogP contribution in [0, 0.1) is 0 Å². The summed E-state index contributed by atoms with van der Waals surface area (Å²) in [7, 11) is 0.650. The average molecular weight is 358 g/mol. The van der Waals surface area contributed by atoms with Crippen LogP contribution in [0.5, 0.6) is 5.75 Å². The number of carbonyl (C=O) groups excluding carboxylic acids is 1. The van der Waals surface area contributed by atoms with E-state index in [1.165, 1.54) is 0 Å². The number of hydrogen-bond donors (Lipinski definition) is 2. The van der Waals surface area contributed by atoms with Gasteiger partial charge >= 0.3 is 7.69 Å². The lowest BCUT2D eigenvalue weighted by Gasteiger charge is -2.39. The lowest BCUT2D eigenvalue weighted by atomic mass is 9.91. The van der Waals surface area contributed by atoms with Crippen molar-refractivity contribution in [1.82, 2.24) is 0 Å². The molecule has 2 aromatic carbocycles. The number of rotatable bonds is 4. The highest BCUT2D eigenvalue weighted by Gasteiger charge is 2.32. The first-order valence-corrected chi connectivity index (χ1v) is 8.46. The topological polar surface area (TPSA) is 61.8 Å². The van der Waals surface area contributed by atoms with Crippen molar-refractivity contribution in [3.8, 4) is 5.75 Å². The third-order valence-electron chi connectivity index (χ3n) is 4.36. The number of hydrogen-bond acceptors (Lipinski definition) is 4. The van der Waals surface area contributed by atoms with Gasteiger partial charge in [0.15, 0.2) is 0 Å². The monoisotopic (exact) mass is 357 g/mol. The van der Waals surface area contributed by atoms with Gasteiger partial charge in [-0.1, -0.05) is 11.6 Å². The first-order chi connectivity index (χ1) is 12.0. The van der Waals surface area contributed by atoms with Gasteiger partial charge in [-0.2, -0.15) is 0 Å². The van der Waals surface area contributed by atoms with Crippen molar-refractivity contribution in [1.29, 1.82) is 0 Å². The van der Waals surface area contributed by atoms with E-state index in [0.717, 1.165) is 23.4 Å². The molecule has 1 radical (unpaired) electrons. The lowest BCUT2D eigenvalue weighted by molar-refractivity contribution is -0.117. The van der Waals surface area contributed by atoms with Crippen molar-refractivity contribution in [3.05, 3.63) is 53.1 Å². The van der Waals surface area contributed by atoms with Gasteiger partial charge in [0.2, 0.25) is 5.91 Å². The van der Waals surface area contributed by atoms with Crippen molar-refractivity contribution in [2.45, 2.75) is 32.4 Å². The fourth-order valence-electron chi connectivity index (χ4n) is 3.34. The van der Waals surface area contributed by atoms with Crippen LogP contribution in [0.3, 0.4) is 0 Å². The predicted molar refractivity (Wildman–Crippen MR) is 100 cm³/mol. The molecule has 1 aliphatic rings. The first-order valence-electron chi connectivity index (χ1n) is 8.08. The molecule has 1 heterocycles. The van der Waals surface area contributed by atoms with Crippen LogP contribution in [-0.2, 0) is 4.79 Å². The Labute approximate surface area is 152 Å². The Morgan fingerprint density at radius 1 is 1.32 bits per heavy atom. The quantitative estimate of drug-likeness (QED) is 0.822. The second-order valence-corrected chi connectivity index (χ2v) is 6.56. The van der Waals surface area contributed by atoms with E-state index in [2.05, 4.69) is 5.32 Å². The highest BCUT2D eigenvalue weighted by atomic mass is 35.5. The van der Waals surface area contributed by atoms with Crippen molar-refractivity contribution in [3.63, 3.8) is 0 Å². The molecule has 25 heavy (non-hydrogen) atoms. The SMILES string of the molecule is CC(=O)N1c2ccc(O[B]O)cc2C(Nc2ccc(Cl)cc2)CC1C. The summed E-state index contributed by atoms with van der Waals surface area (Å²) in [5.74, 6) is 0.517. The zero-order chi connectivity index (χ0) is 18.0. The summed E-state index contributed by atoms with van der Waals surface area (Å²) in [5.41, 5.74) is 2.74. The maximum atomic E-state index is 12.1. The van der Waals surface area contributed by atoms with Crippen molar-refractivity contribution in [2.24, 2.45) is 0 Å². The summed E-state index contributed by atoms with van der Waals surface area (Å²) in [6.45, 7) is 3.60. The number of anilines is 2. The molecule has 2 aromatic rings. The normalized spacial score (nSPS) is 19.1. The van der Waals surface area contributed by atoms with Crippen molar-refractivity contribution in [2.75, 3.05) is 10.2 Å². The van der Waals surface area contributed by atoms with E-state index in [4.69, 9.17) is 21.3 Å². The average Bonchev–Trinajstić information content (AvgIpc) is 2.57. The zero-order valence-electron chi connectivity index (χ0n) is 14.1. The largest absolute Gasteiger partial charge is 0.569 e. The lowest BCUT2D eigenvalue weighted by Crippen LogP contribution is -2.43. The number of amides is 1. The van der Waals surface area contributed by atoms with Crippen LogP contribution in [0.4, 0.5) is 11.4 Å². The van der Waals surface area contributed by atoms with E-state index in [0.29, 0.717) is 18.5 Å². The molecule has 2 N–H and O–H groups in total. The summed E-state index contributed by atoms with van der Waals surface area (Å²) in [4.78, 5) is 13.9. The molecule has 0 saturated carbocycles. The van der Waals surface area contributed by atoms with E-state index in [1.54, 1.807) is 17.9 Å². The fraction of sp³-hybridized carbons (Fsp3) is 0.278. The molecular formula is C18H19BClN2O3. The number of nitrogens with one attached hydrogen (secondary N) is 1. The third kappa shape index (κ3) is 3.75. The van der Waals surface area contributed by atoms with Crippen LogP contribution in [0.25, 0.3) is 0 Å². The van der Waals surface area contributed by atoms with Crippen LogP contribution < -0.4 is 14.9 Å². The second-order valence-electron chi connectivity index (χ2n) is 6.12. The van der Waals surface area contributed by atoms with E-state index < -0.39 is 0 Å². The Morgan fingerprint density at radius 3 is 2.68 bits per heavy atom. The molecule has 0 spiro atoms. The molecule has 0 bridgehead atoms. The molecule has 5 nitrogen and oxygen atoms in total. The molecule has 0 fully saturated rings. The van der Waals surface area contributed by atoms with Gasteiger partial charge in [-0.3, -0.25) is 4.79 Å². The third-order valence-corrected chi connectivity index (χ3v) is 4.62. The molecule has 2 unspecified atom stereocenters. The van der Waals surface area contributed by atoms with E-state index in [1.807, 2.05) is 43.3 Å². The molecule has 1 aliphatic heterocycles. The molecule has 1 amide bonds. The van der Waals surface area contributed by atoms with E-state index >= 15 is 0 Å². The minimum absolute atomic E-state index is 0.00100. The Kier molecular flexibility index (Phi) is 5.20. The Bertz CT molecular complexity index is 769. The molecule has 7 heteroatoms. The highest BCUT2D eigenvalue weighted by Crippen LogP contribution is 2.40. The van der Waals surface area contributed by atoms with Gasteiger partial charge in [-0.05, 0) is 55.8 Å². The van der Waals surface area contributed by atoms with Crippen molar-refractivity contribution < 1.29 is 14.5 Å². The van der Waals surface area contributed by atoms with Gasteiger partial charge in [-0.15, -0.1) is 0 Å². The molecule has 0 saturated heterocycles. The minimum Gasteiger partial charge on any atom is -0.537 e. The summed E-state index contributed by atoms with van der Waals surface area (Å²) >= 11 is 5.95. The maximum Gasteiger partial charge on any atom is 0.569 e.